The average molecular weight is 267 g/mol. The molecule has 0 aromatic carbocycles. The van der Waals surface area contributed by atoms with Gasteiger partial charge in [-0.1, -0.05) is 19.1 Å². The van der Waals surface area contributed by atoms with Crippen molar-refractivity contribution in [3.63, 3.8) is 0 Å². The number of epoxide rings is 1. The van der Waals surface area contributed by atoms with E-state index in [-0.39, 0.29) is 29.4 Å². The van der Waals surface area contributed by atoms with Crippen molar-refractivity contribution >= 4 is 5.91 Å². The summed E-state index contributed by atoms with van der Waals surface area (Å²) in [5, 5.41) is 2.96. The largest absolute Gasteiger partial charge is 0.382 e. The lowest BCUT2D eigenvalue weighted by Crippen LogP contribution is -2.42. The molecule has 2 aliphatic carbocycles. The Morgan fingerprint density at radius 2 is 2.26 bits per heavy atom. The van der Waals surface area contributed by atoms with Crippen LogP contribution in [0.5, 0.6) is 0 Å². The minimum absolute atomic E-state index is 0.0581. The lowest BCUT2D eigenvalue weighted by atomic mass is 9.78. The van der Waals surface area contributed by atoms with Crippen LogP contribution in [-0.4, -0.2) is 51.1 Å². The third kappa shape index (κ3) is 2.00. The molecule has 0 bridgehead atoms. The summed E-state index contributed by atoms with van der Waals surface area (Å²) >= 11 is 0. The molecule has 5 atom stereocenters. The maximum Gasteiger partial charge on any atom is 0.224 e. The topological polar surface area (TPSA) is 60.1 Å². The molecule has 1 saturated carbocycles. The predicted molar refractivity (Wildman–Crippen MR) is 68.6 cm³/mol. The van der Waals surface area contributed by atoms with E-state index in [0.717, 1.165) is 0 Å². The second-order valence-electron chi connectivity index (χ2n) is 5.56. The quantitative estimate of drug-likeness (QED) is 0.411. The zero-order chi connectivity index (χ0) is 13.5. The lowest BCUT2D eigenvalue weighted by molar-refractivity contribution is -0.129. The van der Waals surface area contributed by atoms with Gasteiger partial charge in [0.2, 0.25) is 5.91 Å². The number of amides is 1. The first-order valence-corrected chi connectivity index (χ1v) is 6.92. The molecule has 19 heavy (non-hydrogen) atoms. The van der Waals surface area contributed by atoms with Gasteiger partial charge in [0.05, 0.1) is 31.8 Å². The van der Waals surface area contributed by atoms with E-state index in [4.69, 9.17) is 14.2 Å². The Labute approximate surface area is 113 Å². The zero-order valence-electron chi connectivity index (χ0n) is 11.4. The van der Waals surface area contributed by atoms with Crippen molar-refractivity contribution in [1.82, 2.24) is 5.32 Å². The highest BCUT2D eigenvalue weighted by Gasteiger charge is 2.74. The van der Waals surface area contributed by atoms with Gasteiger partial charge in [-0.05, 0) is 5.92 Å². The van der Waals surface area contributed by atoms with Gasteiger partial charge in [0.1, 0.15) is 5.60 Å². The SMILES string of the molecule is COCCOCCNC(=O)C1C(C)C2OC23C=CC13. The van der Waals surface area contributed by atoms with Gasteiger partial charge in [-0.2, -0.15) is 0 Å². The standard InChI is InChI=1S/C14H21NO4/c1-9-11(10-3-4-14(10)12(9)19-14)13(16)15-5-6-18-8-7-17-2/h3-4,9-12H,5-8H2,1-2H3,(H,15,16). The van der Waals surface area contributed by atoms with Crippen molar-refractivity contribution in [2.24, 2.45) is 17.8 Å². The number of carbonyl (C=O) groups excluding carboxylic acids is 1. The van der Waals surface area contributed by atoms with Crippen molar-refractivity contribution in [2.45, 2.75) is 18.6 Å². The highest BCUT2D eigenvalue weighted by molar-refractivity contribution is 5.81. The Hall–Kier alpha value is -0.910. The van der Waals surface area contributed by atoms with Gasteiger partial charge in [-0.25, -0.2) is 0 Å². The van der Waals surface area contributed by atoms with Gasteiger partial charge in [0.25, 0.3) is 0 Å². The van der Waals surface area contributed by atoms with Crippen LogP contribution in [0.4, 0.5) is 0 Å². The molecule has 1 heterocycles. The normalized spacial score (nSPS) is 41.4. The molecule has 0 aromatic heterocycles. The van der Waals surface area contributed by atoms with Crippen LogP contribution >= 0.6 is 0 Å². The molecule has 1 saturated heterocycles. The highest BCUT2D eigenvalue weighted by Crippen LogP contribution is 2.65. The van der Waals surface area contributed by atoms with E-state index >= 15 is 0 Å². The monoisotopic (exact) mass is 267 g/mol. The van der Waals surface area contributed by atoms with Crippen LogP contribution in [-0.2, 0) is 19.0 Å². The first-order chi connectivity index (χ1) is 9.20. The van der Waals surface area contributed by atoms with E-state index < -0.39 is 0 Å². The summed E-state index contributed by atoms with van der Waals surface area (Å²) in [6.07, 6.45) is 4.49. The van der Waals surface area contributed by atoms with E-state index in [1.54, 1.807) is 7.11 Å². The van der Waals surface area contributed by atoms with Crippen LogP contribution in [0, 0.1) is 17.8 Å². The van der Waals surface area contributed by atoms with Crippen LogP contribution < -0.4 is 5.32 Å². The van der Waals surface area contributed by atoms with Gasteiger partial charge in [-0.3, -0.25) is 4.79 Å². The van der Waals surface area contributed by atoms with E-state index in [2.05, 4.69) is 24.4 Å². The molecule has 1 N–H and O–H groups in total. The maximum absolute atomic E-state index is 12.2. The third-order valence-electron chi connectivity index (χ3n) is 4.51. The Morgan fingerprint density at radius 1 is 1.42 bits per heavy atom. The number of ether oxygens (including phenoxy) is 3. The van der Waals surface area contributed by atoms with Gasteiger partial charge in [0, 0.05) is 19.6 Å². The fourth-order valence-electron chi connectivity index (χ4n) is 3.43. The van der Waals surface area contributed by atoms with Gasteiger partial charge >= 0.3 is 0 Å². The molecule has 0 aromatic rings. The van der Waals surface area contributed by atoms with E-state index in [9.17, 15) is 4.79 Å². The summed E-state index contributed by atoms with van der Waals surface area (Å²) in [5.41, 5.74) is -0.0730. The summed E-state index contributed by atoms with van der Waals surface area (Å²) in [4.78, 5) is 12.2. The fourth-order valence-corrected chi connectivity index (χ4v) is 3.43. The van der Waals surface area contributed by atoms with Crippen LogP contribution in [0.3, 0.4) is 0 Å². The number of nitrogens with one attached hydrogen (secondary N) is 1. The van der Waals surface area contributed by atoms with Crippen LogP contribution in [0.1, 0.15) is 6.92 Å². The van der Waals surface area contributed by atoms with E-state index in [0.29, 0.717) is 32.3 Å². The molecule has 1 amide bonds. The molecular formula is C14H21NO4. The van der Waals surface area contributed by atoms with Crippen molar-refractivity contribution in [3.05, 3.63) is 12.2 Å². The van der Waals surface area contributed by atoms with Crippen molar-refractivity contribution in [2.75, 3.05) is 33.5 Å². The summed E-state index contributed by atoms with van der Waals surface area (Å²) in [6.45, 7) is 4.35. The summed E-state index contributed by atoms with van der Waals surface area (Å²) in [7, 11) is 1.64. The summed E-state index contributed by atoms with van der Waals surface area (Å²) in [6, 6.07) is 0. The molecule has 5 unspecified atom stereocenters. The second-order valence-corrected chi connectivity index (χ2v) is 5.56. The van der Waals surface area contributed by atoms with Crippen molar-refractivity contribution < 1.29 is 19.0 Å². The Balaban J connectivity index is 1.41. The smallest absolute Gasteiger partial charge is 0.224 e. The van der Waals surface area contributed by atoms with Crippen molar-refractivity contribution in [3.8, 4) is 0 Å². The molecule has 5 nitrogen and oxygen atoms in total. The van der Waals surface area contributed by atoms with Crippen LogP contribution in [0.25, 0.3) is 0 Å². The molecule has 106 valence electrons. The summed E-state index contributed by atoms with van der Waals surface area (Å²) in [5.74, 6) is 0.770. The minimum Gasteiger partial charge on any atom is -0.382 e. The fraction of sp³-hybridized carbons (Fsp3) is 0.786. The third-order valence-corrected chi connectivity index (χ3v) is 4.51. The molecule has 3 aliphatic rings. The molecule has 0 radical (unpaired) electrons. The Kier molecular flexibility index (Phi) is 3.37. The molecular weight excluding hydrogens is 246 g/mol. The molecule has 5 heteroatoms. The highest BCUT2D eigenvalue weighted by atomic mass is 16.6. The molecule has 3 rings (SSSR count). The average Bonchev–Trinajstić information content (AvgIpc) is 3.12. The lowest BCUT2D eigenvalue weighted by Gasteiger charge is -2.30. The minimum atomic E-state index is -0.0730. The molecule has 2 fully saturated rings. The van der Waals surface area contributed by atoms with E-state index in [1.807, 2.05) is 0 Å². The molecule has 1 spiro atoms. The Bertz CT molecular complexity index is 397. The zero-order valence-corrected chi connectivity index (χ0v) is 11.4. The molecule has 1 aliphatic heterocycles. The number of methoxy groups -OCH3 is 1. The Morgan fingerprint density at radius 3 is 2.89 bits per heavy atom. The van der Waals surface area contributed by atoms with Gasteiger partial charge in [0.15, 0.2) is 0 Å². The number of carbonyl (C=O) groups is 1. The number of hydrogen-bond acceptors (Lipinski definition) is 4. The van der Waals surface area contributed by atoms with Crippen molar-refractivity contribution in [1.29, 1.82) is 0 Å². The van der Waals surface area contributed by atoms with Gasteiger partial charge < -0.3 is 19.5 Å². The van der Waals surface area contributed by atoms with Crippen LogP contribution in [0.15, 0.2) is 12.2 Å². The second kappa shape index (κ2) is 4.89. The number of rotatable bonds is 7. The predicted octanol–water partition coefficient (Wildman–Crippen LogP) is 0.355. The maximum atomic E-state index is 12.2. The first-order valence-electron chi connectivity index (χ1n) is 6.92. The van der Waals surface area contributed by atoms with Crippen LogP contribution in [0.2, 0.25) is 0 Å². The number of hydrogen-bond donors (Lipinski definition) is 1. The van der Waals surface area contributed by atoms with E-state index in [1.165, 1.54) is 0 Å². The van der Waals surface area contributed by atoms with Gasteiger partial charge in [-0.15, -0.1) is 0 Å². The first kappa shape index (κ1) is 13.1. The summed E-state index contributed by atoms with van der Waals surface area (Å²) < 4.78 is 15.9.